The van der Waals surface area contributed by atoms with Crippen LogP contribution in [0.25, 0.3) is 11.3 Å². The van der Waals surface area contributed by atoms with Crippen LogP contribution in [0, 0.1) is 11.6 Å². The predicted octanol–water partition coefficient (Wildman–Crippen LogP) is 5.63. The Kier molecular flexibility index (Phi) is 4.63. The van der Waals surface area contributed by atoms with E-state index in [9.17, 15) is 13.6 Å². The van der Waals surface area contributed by atoms with E-state index >= 15 is 0 Å². The van der Waals surface area contributed by atoms with Gasteiger partial charge in [0.25, 0.3) is 0 Å². The molecule has 0 N–H and O–H groups in total. The smallest absolute Gasteiger partial charge is 0.419 e. The fourth-order valence-corrected chi connectivity index (χ4v) is 2.49. The molecule has 3 nitrogen and oxygen atoms in total. The third-order valence-corrected chi connectivity index (χ3v) is 3.41. The first kappa shape index (κ1) is 17.0. The van der Waals surface area contributed by atoms with Crippen LogP contribution in [-0.4, -0.2) is 16.3 Å². The second-order valence-electron chi connectivity index (χ2n) is 5.64. The van der Waals surface area contributed by atoms with Gasteiger partial charge in [0.1, 0.15) is 5.60 Å². The lowest BCUT2D eigenvalue weighted by Crippen LogP contribution is -2.27. The summed E-state index contributed by atoms with van der Waals surface area (Å²) in [5.41, 5.74) is -0.203. The van der Waals surface area contributed by atoms with Crippen molar-refractivity contribution in [3.63, 3.8) is 0 Å². The number of aromatic nitrogens is 1. The van der Waals surface area contributed by atoms with Gasteiger partial charge in [-0.05, 0) is 54.9 Å². The van der Waals surface area contributed by atoms with Gasteiger partial charge in [-0.15, -0.1) is 0 Å². The monoisotopic (exact) mass is 391 g/mol. The van der Waals surface area contributed by atoms with Crippen LogP contribution in [0.15, 0.2) is 28.9 Å². The second-order valence-corrected chi connectivity index (χ2v) is 6.96. The van der Waals surface area contributed by atoms with Gasteiger partial charge >= 0.3 is 6.09 Å². The number of carbonyl (C=O) groups is 1. The number of halogens is 4. The molecule has 0 saturated heterocycles. The average Bonchev–Trinajstić information content (AvgIpc) is 2.74. The molecule has 0 radical (unpaired) electrons. The maximum Gasteiger partial charge on any atom is 0.419 e. The van der Waals surface area contributed by atoms with E-state index < -0.39 is 23.3 Å². The van der Waals surface area contributed by atoms with Crippen molar-refractivity contribution in [1.82, 2.24) is 4.57 Å². The number of hydrogen-bond donors (Lipinski definition) is 0. The zero-order valence-corrected chi connectivity index (χ0v) is 14.4. The summed E-state index contributed by atoms with van der Waals surface area (Å²) in [6.45, 7) is 5.19. The maximum absolute atomic E-state index is 13.5. The molecule has 2 aromatic rings. The summed E-state index contributed by atoms with van der Waals surface area (Å²) >= 11 is 9.21. The van der Waals surface area contributed by atoms with Crippen LogP contribution in [0.3, 0.4) is 0 Å². The van der Waals surface area contributed by atoms with Crippen LogP contribution in [0.2, 0.25) is 5.02 Å². The van der Waals surface area contributed by atoms with Crippen LogP contribution >= 0.6 is 27.5 Å². The summed E-state index contributed by atoms with van der Waals surface area (Å²) in [6.07, 6.45) is 0.829. The van der Waals surface area contributed by atoms with Crippen LogP contribution in [0.4, 0.5) is 13.6 Å². The molecule has 0 saturated carbocycles. The van der Waals surface area contributed by atoms with E-state index in [1.54, 1.807) is 26.8 Å². The van der Waals surface area contributed by atoms with Gasteiger partial charge in [-0.1, -0.05) is 11.6 Å². The van der Waals surface area contributed by atoms with Crippen molar-refractivity contribution in [2.75, 3.05) is 0 Å². The topological polar surface area (TPSA) is 31.2 Å². The van der Waals surface area contributed by atoms with Crippen molar-refractivity contribution in [3.05, 3.63) is 45.5 Å². The average molecular weight is 393 g/mol. The first-order valence-electron chi connectivity index (χ1n) is 6.34. The Bertz CT molecular complexity index is 738. The molecule has 0 aliphatic rings. The minimum Gasteiger partial charge on any atom is -0.443 e. The third-order valence-electron chi connectivity index (χ3n) is 2.66. The first-order valence-corrected chi connectivity index (χ1v) is 7.52. The molecule has 0 atom stereocenters. The molecule has 0 unspecified atom stereocenters. The zero-order chi connectivity index (χ0) is 16.7. The summed E-state index contributed by atoms with van der Waals surface area (Å²) in [4.78, 5) is 12.2. The van der Waals surface area contributed by atoms with Gasteiger partial charge in [0.15, 0.2) is 11.6 Å². The first-order chi connectivity index (χ1) is 10.1. The fourth-order valence-electron chi connectivity index (χ4n) is 1.82. The van der Waals surface area contributed by atoms with E-state index in [0.717, 1.165) is 12.1 Å². The summed E-state index contributed by atoms with van der Waals surface area (Å²) in [5, 5.41) is -0.00527. The Labute approximate surface area is 140 Å². The number of nitrogens with zero attached hydrogens (tertiary/aromatic N) is 1. The lowest BCUT2D eigenvalue weighted by Gasteiger charge is -2.20. The molecule has 0 amide bonds. The van der Waals surface area contributed by atoms with Crippen molar-refractivity contribution in [2.24, 2.45) is 0 Å². The molecule has 0 spiro atoms. The molecule has 1 heterocycles. The standard InChI is InChI=1S/C15H13BrClF2NO2/c1-15(2,3)22-14(21)20-7-8(16)4-13(20)9-5-11(18)12(19)6-10(9)17/h4-7H,1-3H3. The number of hydrogen-bond acceptors (Lipinski definition) is 2. The lowest BCUT2D eigenvalue weighted by atomic mass is 10.1. The molecule has 0 aliphatic carbocycles. The molecule has 118 valence electrons. The summed E-state index contributed by atoms with van der Waals surface area (Å²) in [7, 11) is 0. The van der Waals surface area contributed by atoms with Crippen molar-refractivity contribution in [1.29, 1.82) is 0 Å². The van der Waals surface area contributed by atoms with Crippen LogP contribution in [0.5, 0.6) is 0 Å². The third kappa shape index (κ3) is 3.67. The number of carbonyl (C=O) groups excluding carboxylic acids is 1. The van der Waals surface area contributed by atoms with Gasteiger partial charge in [-0.3, -0.25) is 4.57 Å². The zero-order valence-electron chi connectivity index (χ0n) is 12.1. The Hall–Kier alpha value is -1.40. The van der Waals surface area contributed by atoms with Crippen LogP contribution in [0.1, 0.15) is 20.8 Å². The molecule has 0 fully saturated rings. The molecule has 1 aromatic carbocycles. The molecular weight excluding hydrogens is 380 g/mol. The van der Waals surface area contributed by atoms with Gasteiger partial charge in [-0.25, -0.2) is 13.6 Å². The minimum atomic E-state index is -1.05. The van der Waals surface area contributed by atoms with Gasteiger partial charge in [0.05, 0.1) is 10.7 Å². The molecule has 2 rings (SSSR count). The highest BCUT2D eigenvalue weighted by Crippen LogP contribution is 2.33. The van der Waals surface area contributed by atoms with Gasteiger partial charge in [-0.2, -0.15) is 0 Å². The molecule has 22 heavy (non-hydrogen) atoms. The Morgan fingerprint density at radius 1 is 1.23 bits per heavy atom. The quantitative estimate of drug-likeness (QED) is 0.589. The molecule has 0 bridgehead atoms. The number of benzene rings is 1. The number of rotatable bonds is 1. The molecular formula is C15H13BrClF2NO2. The van der Waals surface area contributed by atoms with E-state index in [0.29, 0.717) is 10.2 Å². The van der Waals surface area contributed by atoms with Crippen molar-refractivity contribution in [3.8, 4) is 11.3 Å². The SMILES string of the molecule is CC(C)(C)OC(=O)n1cc(Br)cc1-c1cc(F)c(F)cc1Cl. The van der Waals surface area contributed by atoms with E-state index in [2.05, 4.69) is 15.9 Å². The Balaban J connectivity index is 2.54. The van der Waals surface area contributed by atoms with Crippen molar-refractivity contribution in [2.45, 2.75) is 26.4 Å². The van der Waals surface area contributed by atoms with Crippen molar-refractivity contribution >= 4 is 33.6 Å². The van der Waals surface area contributed by atoms with E-state index in [1.807, 2.05) is 0 Å². The maximum atomic E-state index is 13.5. The Morgan fingerprint density at radius 3 is 2.41 bits per heavy atom. The highest BCUT2D eigenvalue weighted by Gasteiger charge is 2.22. The highest BCUT2D eigenvalue weighted by atomic mass is 79.9. The normalized spacial score (nSPS) is 11.6. The number of ether oxygens (including phenoxy) is 1. The molecule has 0 aliphatic heterocycles. The Morgan fingerprint density at radius 2 is 1.82 bits per heavy atom. The van der Waals surface area contributed by atoms with E-state index in [4.69, 9.17) is 16.3 Å². The van der Waals surface area contributed by atoms with Crippen molar-refractivity contribution < 1.29 is 18.3 Å². The predicted molar refractivity (Wildman–Crippen MR) is 84.1 cm³/mol. The lowest BCUT2D eigenvalue weighted by molar-refractivity contribution is 0.0540. The fraction of sp³-hybridized carbons (Fsp3) is 0.267. The van der Waals surface area contributed by atoms with Gasteiger partial charge in [0, 0.05) is 16.2 Å². The summed E-state index contributed by atoms with van der Waals surface area (Å²) in [6, 6.07) is 3.38. The summed E-state index contributed by atoms with van der Waals surface area (Å²) in [5.74, 6) is -2.10. The molecule has 1 aromatic heterocycles. The summed E-state index contributed by atoms with van der Waals surface area (Å²) < 4.78 is 33.7. The molecule has 7 heteroatoms. The van der Waals surface area contributed by atoms with Crippen LogP contribution in [-0.2, 0) is 4.74 Å². The van der Waals surface area contributed by atoms with Gasteiger partial charge in [0.2, 0.25) is 0 Å². The van der Waals surface area contributed by atoms with E-state index in [1.165, 1.54) is 10.8 Å². The largest absolute Gasteiger partial charge is 0.443 e. The van der Waals surface area contributed by atoms with Crippen LogP contribution < -0.4 is 0 Å². The van der Waals surface area contributed by atoms with E-state index in [-0.39, 0.29) is 10.6 Å². The highest BCUT2D eigenvalue weighted by molar-refractivity contribution is 9.10. The minimum absolute atomic E-state index is 0.00527. The second kappa shape index (κ2) is 6.01. The van der Waals surface area contributed by atoms with Gasteiger partial charge < -0.3 is 4.74 Å².